The number of fused-ring (bicyclic) bond motifs is 1. The lowest BCUT2D eigenvalue weighted by Crippen LogP contribution is -2.06. The summed E-state index contributed by atoms with van der Waals surface area (Å²) in [7, 11) is 1.41. The van der Waals surface area contributed by atoms with Crippen LogP contribution in [0.15, 0.2) is 24.3 Å². The molecule has 1 aromatic carbocycles. The van der Waals surface area contributed by atoms with Gasteiger partial charge in [0.1, 0.15) is 16.7 Å². The summed E-state index contributed by atoms with van der Waals surface area (Å²) in [5.41, 5.74) is 1.11. The Bertz CT molecular complexity index is 1330. The molecule has 0 saturated carbocycles. The molecule has 0 bridgehead atoms. The molecule has 32 heavy (non-hydrogen) atoms. The quantitative estimate of drug-likeness (QED) is 0.445. The molecule has 0 aliphatic carbocycles. The van der Waals surface area contributed by atoms with Gasteiger partial charge in [0.05, 0.1) is 12.8 Å². The van der Waals surface area contributed by atoms with E-state index in [0.717, 1.165) is 11.6 Å². The molecule has 4 rings (SSSR count). The van der Waals surface area contributed by atoms with Gasteiger partial charge in [0, 0.05) is 12.6 Å². The second kappa shape index (κ2) is 8.50. The lowest BCUT2D eigenvalue weighted by atomic mass is 10.2. The summed E-state index contributed by atoms with van der Waals surface area (Å²) < 4.78 is 52.6. The Hall–Kier alpha value is -3.60. The van der Waals surface area contributed by atoms with Crippen LogP contribution in [0.5, 0.6) is 17.4 Å². The molecule has 0 fully saturated rings. The molecule has 3 aromatic heterocycles. The molecule has 4 aromatic rings. The fourth-order valence-electron chi connectivity index (χ4n) is 2.97. The number of imidazole rings is 1. The third kappa shape index (κ3) is 4.11. The monoisotopic (exact) mass is 464 g/mol. The number of ether oxygens (including phenoxy) is 2. The molecule has 166 valence electrons. The molecule has 0 aliphatic rings. The van der Waals surface area contributed by atoms with Crippen molar-refractivity contribution >= 4 is 23.1 Å². The highest BCUT2D eigenvalue weighted by atomic mass is 35.5. The van der Waals surface area contributed by atoms with Crippen LogP contribution in [0.25, 0.3) is 5.65 Å². The van der Waals surface area contributed by atoms with E-state index in [0.29, 0.717) is 33.4 Å². The summed E-state index contributed by atoms with van der Waals surface area (Å²) in [4.78, 5) is 11.7. The first-order valence-corrected chi connectivity index (χ1v) is 9.64. The number of methoxy groups -OCH3 is 1. The molecular weight excluding hydrogens is 449 g/mol. The molecule has 12 heteroatoms. The van der Waals surface area contributed by atoms with Crippen LogP contribution in [-0.2, 0) is 6.54 Å². The molecule has 3 heterocycles. The number of aryl methyl sites for hydroxylation is 2. The standard InChI is InChI=1S/C20H16ClF3N6O2/c1-9-16(21)19(27-10(2)26-9)25-8-11-4-5-13(14(6-11)31-3)32-20-12(22)7-15-28-17(23)18(24)30(15)29-20/h4-7H,8H2,1-3H3,(H,25,26,27). The third-order valence-electron chi connectivity index (χ3n) is 4.46. The van der Waals surface area contributed by atoms with Gasteiger partial charge in [-0.2, -0.15) is 18.3 Å². The average Bonchev–Trinajstić information content (AvgIpc) is 3.03. The van der Waals surface area contributed by atoms with Crippen molar-refractivity contribution in [1.82, 2.24) is 24.6 Å². The van der Waals surface area contributed by atoms with E-state index in [2.05, 4.69) is 25.4 Å². The molecular formula is C20H16ClF3N6O2. The zero-order chi connectivity index (χ0) is 23.0. The van der Waals surface area contributed by atoms with E-state index in [9.17, 15) is 13.2 Å². The minimum Gasteiger partial charge on any atom is -0.493 e. The first-order chi connectivity index (χ1) is 15.3. The van der Waals surface area contributed by atoms with E-state index in [1.54, 1.807) is 26.0 Å². The van der Waals surface area contributed by atoms with Gasteiger partial charge in [0.2, 0.25) is 0 Å². The lowest BCUT2D eigenvalue weighted by molar-refractivity contribution is 0.356. The van der Waals surface area contributed by atoms with Crippen molar-refractivity contribution in [3.05, 3.63) is 64.1 Å². The molecule has 0 unspecified atom stereocenters. The summed E-state index contributed by atoms with van der Waals surface area (Å²) in [5, 5.41) is 7.18. The van der Waals surface area contributed by atoms with Gasteiger partial charge in [-0.25, -0.2) is 14.4 Å². The number of anilines is 1. The highest BCUT2D eigenvalue weighted by molar-refractivity contribution is 6.33. The highest BCUT2D eigenvalue weighted by Crippen LogP contribution is 2.33. The number of hydrogen-bond acceptors (Lipinski definition) is 7. The Labute approximate surface area is 185 Å². The molecule has 0 spiro atoms. The van der Waals surface area contributed by atoms with Crippen molar-refractivity contribution in [3.8, 4) is 17.4 Å². The van der Waals surface area contributed by atoms with E-state index < -0.39 is 23.6 Å². The van der Waals surface area contributed by atoms with Crippen molar-refractivity contribution in [2.75, 3.05) is 12.4 Å². The Morgan fingerprint density at radius 3 is 2.59 bits per heavy atom. The minimum atomic E-state index is -1.39. The van der Waals surface area contributed by atoms with Crippen LogP contribution in [0.1, 0.15) is 17.1 Å². The first-order valence-electron chi connectivity index (χ1n) is 9.26. The predicted molar refractivity (Wildman–Crippen MR) is 110 cm³/mol. The third-order valence-corrected chi connectivity index (χ3v) is 4.91. The van der Waals surface area contributed by atoms with Gasteiger partial charge < -0.3 is 14.8 Å². The second-order valence-corrected chi connectivity index (χ2v) is 7.10. The van der Waals surface area contributed by atoms with Gasteiger partial charge in [-0.05, 0) is 31.5 Å². The van der Waals surface area contributed by atoms with Crippen LogP contribution >= 0.6 is 11.6 Å². The van der Waals surface area contributed by atoms with Gasteiger partial charge in [0.15, 0.2) is 23.0 Å². The summed E-state index contributed by atoms with van der Waals surface area (Å²) in [6.07, 6.45) is 0. The fourth-order valence-corrected chi connectivity index (χ4v) is 3.12. The minimum absolute atomic E-state index is 0.120. The maximum Gasteiger partial charge on any atom is 0.274 e. The number of nitrogens with one attached hydrogen (secondary N) is 1. The molecule has 8 nitrogen and oxygen atoms in total. The topological polar surface area (TPSA) is 86.5 Å². The predicted octanol–water partition coefficient (Wildman–Crippen LogP) is 4.62. The summed E-state index contributed by atoms with van der Waals surface area (Å²) in [5.74, 6) is -2.80. The van der Waals surface area contributed by atoms with Gasteiger partial charge in [-0.15, -0.1) is 5.10 Å². The maximum absolute atomic E-state index is 14.3. The molecule has 0 radical (unpaired) electrons. The zero-order valence-electron chi connectivity index (χ0n) is 17.1. The van der Waals surface area contributed by atoms with Gasteiger partial charge in [0.25, 0.3) is 17.8 Å². The zero-order valence-corrected chi connectivity index (χ0v) is 17.8. The van der Waals surface area contributed by atoms with E-state index in [1.807, 2.05) is 0 Å². The Morgan fingerprint density at radius 1 is 1.06 bits per heavy atom. The fraction of sp³-hybridized carbons (Fsp3) is 0.200. The number of halogens is 4. The van der Waals surface area contributed by atoms with Crippen LogP contribution < -0.4 is 14.8 Å². The summed E-state index contributed by atoms with van der Waals surface area (Å²) in [6.45, 7) is 3.90. The lowest BCUT2D eigenvalue weighted by Gasteiger charge is -2.13. The van der Waals surface area contributed by atoms with E-state index in [4.69, 9.17) is 21.1 Å². The highest BCUT2D eigenvalue weighted by Gasteiger charge is 2.19. The van der Waals surface area contributed by atoms with Crippen LogP contribution in [0.2, 0.25) is 5.02 Å². The average molecular weight is 465 g/mol. The largest absolute Gasteiger partial charge is 0.493 e. The molecule has 0 saturated heterocycles. The van der Waals surface area contributed by atoms with Crippen LogP contribution in [0.4, 0.5) is 19.0 Å². The van der Waals surface area contributed by atoms with Crippen LogP contribution in [0.3, 0.4) is 0 Å². The molecule has 0 amide bonds. The van der Waals surface area contributed by atoms with Crippen molar-refractivity contribution in [2.24, 2.45) is 0 Å². The van der Waals surface area contributed by atoms with Gasteiger partial charge in [-0.1, -0.05) is 17.7 Å². The first kappa shape index (κ1) is 21.6. The smallest absolute Gasteiger partial charge is 0.274 e. The van der Waals surface area contributed by atoms with Gasteiger partial charge in [-0.3, -0.25) is 0 Å². The van der Waals surface area contributed by atoms with Crippen molar-refractivity contribution in [1.29, 1.82) is 0 Å². The van der Waals surface area contributed by atoms with Gasteiger partial charge >= 0.3 is 0 Å². The Morgan fingerprint density at radius 2 is 1.84 bits per heavy atom. The number of nitrogens with zero attached hydrogens (tertiary/aromatic N) is 5. The van der Waals surface area contributed by atoms with Crippen molar-refractivity contribution < 1.29 is 22.6 Å². The Kier molecular flexibility index (Phi) is 5.74. The molecule has 0 atom stereocenters. The van der Waals surface area contributed by atoms with Crippen molar-refractivity contribution in [2.45, 2.75) is 20.4 Å². The number of hydrogen-bond donors (Lipinski definition) is 1. The normalized spacial score (nSPS) is 11.1. The van der Waals surface area contributed by atoms with E-state index in [-0.39, 0.29) is 17.1 Å². The number of benzene rings is 1. The molecule has 0 aliphatic heterocycles. The SMILES string of the molecule is COc1cc(CNc2nc(C)nc(C)c2Cl)ccc1Oc1nn2c(F)c(F)nc2cc1F. The number of aromatic nitrogens is 5. The second-order valence-electron chi connectivity index (χ2n) is 6.72. The molecule has 1 N–H and O–H groups in total. The van der Waals surface area contributed by atoms with Crippen LogP contribution in [-0.4, -0.2) is 31.7 Å². The Balaban J connectivity index is 1.57. The summed E-state index contributed by atoms with van der Waals surface area (Å²) >= 11 is 6.24. The number of rotatable bonds is 6. The van der Waals surface area contributed by atoms with Crippen LogP contribution in [0, 0.1) is 31.6 Å². The van der Waals surface area contributed by atoms with E-state index >= 15 is 0 Å². The van der Waals surface area contributed by atoms with Crippen molar-refractivity contribution in [3.63, 3.8) is 0 Å². The summed E-state index contributed by atoms with van der Waals surface area (Å²) in [6, 6.07) is 5.71. The van der Waals surface area contributed by atoms with E-state index in [1.165, 1.54) is 13.2 Å². The maximum atomic E-state index is 14.3.